The van der Waals surface area contributed by atoms with Gasteiger partial charge in [-0.1, -0.05) is 84.9 Å². The zero-order valence-corrected chi connectivity index (χ0v) is 24.3. The fraction of sp³-hybridized carbons (Fsp3) is 0.636. The van der Waals surface area contributed by atoms with Crippen molar-refractivity contribution in [2.75, 3.05) is 33.0 Å². The Hall–Kier alpha value is -1.68. The number of hydrogen-bond donors (Lipinski definition) is 0. The molecule has 1 unspecified atom stereocenters. The van der Waals surface area contributed by atoms with Crippen molar-refractivity contribution in [3.8, 4) is 11.1 Å². The van der Waals surface area contributed by atoms with Gasteiger partial charge in [0.1, 0.15) is 5.60 Å². The molecule has 1 aliphatic carbocycles. The first-order chi connectivity index (χ1) is 17.3. The van der Waals surface area contributed by atoms with Crippen molar-refractivity contribution in [1.29, 1.82) is 0 Å². The number of epoxide rings is 1. The lowest BCUT2D eigenvalue weighted by molar-refractivity contribution is 0.0434. The fourth-order valence-electron chi connectivity index (χ4n) is 5.13. The zero-order valence-electron chi connectivity index (χ0n) is 24.3. The second-order valence-electron chi connectivity index (χ2n) is 11.4. The molecule has 2 aliphatic rings. The number of ether oxygens (including phenoxy) is 3. The lowest BCUT2D eigenvalue weighted by Gasteiger charge is -2.33. The van der Waals surface area contributed by atoms with E-state index in [1.165, 1.54) is 33.4 Å². The third-order valence-electron chi connectivity index (χ3n) is 8.15. The third-order valence-corrected chi connectivity index (χ3v) is 8.15. The first kappa shape index (κ1) is 28.9. The van der Waals surface area contributed by atoms with E-state index in [2.05, 4.69) is 77.9 Å². The second kappa shape index (κ2) is 12.2. The van der Waals surface area contributed by atoms with Gasteiger partial charge >= 0.3 is 0 Å². The summed E-state index contributed by atoms with van der Waals surface area (Å²) in [6, 6.07) is 14.2. The summed E-state index contributed by atoms with van der Waals surface area (Å²) in [5.41, 5.74) is 8.58. The van der Waals surface area contributed by atoms with Gasteiger partial charge in [0, 0.05) is 18.6 Å². The molecule has 0 bridgehead atoms. The third kappa shape index (κ3) is 6.41. The highest BCUT2D eigenvalue weighted by Gasteiger charge is 2.44. The summed E-state index contributed by atoms with van der Waals surface area (Å²) < 4.78 is 18.1. The van der Waals surface area contributed by atoms with E-state index in [1.54, 1.807) is 0 Å². The van der Waals surface area contributed by atoms with Crippen LogP contribution in [0.25, 0.3) is 11.1 Å². The number of aryl methyl sites for hydroxylation is 2. The van der Waals surface area contributed by atoms with E-state index in [-0.39, 0.29) is 16.4 Å². The maximum Gasteiger partial charge on any atom is 0.112 e. The second-order valence-corrected chi connectivity index (χ2v) is 11.4. The van der Waals surface area contributed by atoms with Gasteiger partial charge in [-0.2, -0.15) is 0 Å². The molecule has 1 atom stereocenters. The monoisotopic (exact) mass is 494 g/mol. The number of benzene rings is 2. The van der Waals surface area contributed by atoms with Crippen LogP contribution in [0.5, 0.6) is 0 Å². The highest BCUT2D eigenvalue weighted by atomic mass is 16.6. The Morgan fingerprint density at radius 1 is 0.833 bits per heavy atom. The van der Waals surface area contributed by atoms with E-state index in [9.17, 15) is 0 Å². The molecule has 3 heteroatoms. The van der Waals surface area contributed by atoms with Crippen molar-refractivity contribution in [2.45, 2.75) is 98.5 Å². The Bertz CT molecular complexity index is 933. The molecule has 2 aromatic carbocycles. The summed E-state index contributed by atoms with van der Waals surface area (Å²) in [6.07, 6.45) is 5.16. The van der Waals surface area contributed by atoms with Gasteiger partial charge in [-0.3, -0.25) is 0 Å². The van der Waals surface area contributed by atoms with E-state index >= 15 is 0 Å². The van der Waals surface area contributed by atoms with Crippen LogP contribution in [0.15, 0.2) is 36.4 Å². The highest BCUT2D eigenvalue weighted by Crippen LogP contribution is 2.53. The van der Waals surface area contributed by atoms with Crippen molar-refractivity contribution >= 4 is 0 Å². The Kier molecular flexibility index (Phi) is 9.82. The molecule has 2 aromatic rings. The summed E-state index contributed by atoms with van der Waals surface area (Å²) >= 11 is 0. The minimum atomic E-state index is -0.0807. The summed E-state index contributed by atoms with van der Waals surface area (Å²) in [7, 11) is 0. The van der Waals surface area contributed by atoms with Gasteiger partial charge in [-0.15, -0.1) is 0 Å². The molecule has 0 saturated carbocycles. The van der Waals surface area contributed by atoms with E-state index in [0.29, 0.717) is 6.61 Å². The summed E-state index contributed by atoms with van der Waals surface area (Å²) in [5, 5.41) is 0. The van der Waals surface area contributed by atoms with Crippen molar-refractivity contribution in [2.24, 2.45) is 5.41 Å². The average Bonchev–Trinajstić information content (AvgIpc) is 3.58. The number of rotatable bonds is 13. The molecule has 0 radical (unpaired) electrons. The van der Waals surface area contributed by atoms with Crippen LogP contribution in [0.4, 0.5) is 0 Å². The van der Waals surface area contributed by atoms with Crippen LogP contribution in [0.2, 0.25) is 0 Å². The molecule has 3 nitrogen and oxygen atoms in total. The van der Waals surface area contributed by atoms with Crippen molar-refractivity contribution in [3.05, 3.63) is 58.7 Å². The van der Waals surface area contributed by atoms with E-state index < -0.39 is 0 Å². The summed E-state index contributed by atoms with van der Waals surface area (Å²) in [5.74, 6) is 0. The standard InChI is InChI=1S/C31H44O3.C2H6/c1-7-23-10-12-25-26-13-11-24(8-2)19-28(26)31(27(25)18-23,14-16-32-20-29(4,5)9-3)15-17-33-21-30(6)22-34-30;1-2/h10-13,18-19H,7-9,14-17,20-22H2,1-6H3;1-2H3. The lowest BCUT2D eigenvalue weighted by atomic mass is 9.72. The van der Waals surface area contributed by atoms with Crippen LogP contribution in [0.1, 0.15) is 96.9 Å². The van der Waals surface area contributed by atoms with Crippen LogP contribution in [-0.2, 0) is 32.5 Å². The van der Waals surface area contributed by atoms with E-state index in [1.807, 2.05) is 13.8 Å². The van der Waals surface area contributed by atoms with Crippen molar-refractivity contribution in [3.63, 3.8) is 0 Å². The predicted octanol–water partition coefficient (Wildman–Crippen LogP) is 8.14. The van der Waals surface area contributed by atoms with Gasteiger partial charge in [0.05, 0.1) is 19.8 Å². The maximum atomic E-state index is 6.33. The fourth-order valence-corrected chi connectivity index (χ4v) is 5.13. The van der Waals surface area contributed by atoms with Crippen molar-refractivity contribution < 1.29 is 14.2 Å². The smallest absolute Gasteiger partial charge is 0.112 e. The van der Waals surface area contributed by atoms with Crippen LogP contribution in [0, 0.1) is 5.41 Å². The Balaban J connectivity index is 0.00000176. The predicted molar refractivity (Wildman–Crippen MR) is 152 cm³/mol. The molecule has 0 spiro atoms. The number of hydrogen-bond acceptors (Lipinski definition) is 3. The SMILES string of the molecule is CC.CCc1ccc2c(c1)C(CCOCC(C)(C)CC)(CCOCC1(C)CO1)c1cc(CC)ccc1-2. The first-order valence-corrected chi connectivity index (χ1v) is 14.3. The van der Waals surface area contributed by atoms with Gasteiger partial charge in [-0.05, 0) is 77.8 Å². The van der Waals surface area contributed by atoms with Crippen molar-refractivity contribution in [1.82, 2.24) is 0 Å². The van der Waals surface area contributed by atoms with E-state index in [4.69, 9.17) is 14.2 Å². The van der Waals surface area contributed by atoms with Crippen LogP contribution >= 0.6 is 0 Å². The molecule has 0 aromatic heterocycles. The normalized spacial score (nSPS) is 19.3. The Labute approximate surface area is 220 Å². The van der Waals surface area contributed by atoms with Gasteiger partial charge < -0.3 is 14.2 Å². The zero-order chi connectivity index (χ0) is 26.4. The molecular formula is C33H50O3. The minimum Gasteiger partial charge on any atom is -0.381 e. The minimum absolute atomic E-state index is 0.0712. The molecule has 36 heavy (non-hydrogen) atoms. The molecule has 4 rings (SSSR count). The lowest BCUT2D eigenvalue weighted by Crippen LogP contribution is -2.31. The molecule has 1 fully saturated rings. The summed E-state index contributed by atoms with van der Waals surface area (Å²) in [4.78, 5) is 0. The molecular weight excluding hydrogens is 444 g/mol. The Morgan fingerprint density at radius 2 is 1.33 bits per heavy atom. The molecule has 1 heterocycles. The first-order valence-electron chi connectivity index (χ1n) is 14.3. The largest absolute Gasteiger partial charge is 0.381 e. The van der Waals surface area contributed by atoms with Gasteiger partial charge in [0.2, 0.25) is 0 Å². The quantitative estimate of drug-likeness (QED) is 0.208. The van der Waals surface area contributed by atoms with Crippen LogP contribution < -0.4 is 0 Å². The maximum absolute atomic E-state index is 6.33. The molecule has 200 valence electrons. The molecule has 0 N–H and O–H groups in total. The topological polar surface area (TPSA) is 31.0 Å². The van der Waals surface area contributed by atoms with Crippen LogP contribution in [-0.4, -0.2) is 38.6 Å². The molecule has 1 saturated heterocycles. The van der Waals surface area contributed by atoms with Gasteiger partial charge in [0.25, 0.3) is 0 Å². The Morgan fingerprint density at radius 3 is 1.78 bits per heavy atom. The van der Waals surface area contributed by atoms with E-state index in [0.717, 1.165) is 58.5 Å². The number of fused-ring (bicyclic) bond motifs is 3. The van der Waals surface area contributed by atoms with Crippen LogP contribution in [0.3, 0.4) is 0 Å². The average molecular weight is 495 g/mol. The van der Waals surface area contributed by atoms with Gasteiger partial charge in [-0.25, -0.2) is 0 Å². The summed E-state index contributed by atoms with van der Waals surface area (Å²) in [6.45, 7) is 21.2. The molecule has 1 aliphatic heterocycles. The van der Waals surface area contributed by atoms with Gasteiger partial charge in [0.15, 0.2) is 0 Å². The highest BCUT2D eigenvalue weighted by molar-refractivity contribution is 5.81. The molecule has 0 amide bonds.